The summed E-state index contributed by atoms with van der Waals surface area (Å²) < 4.78 is 72.3. The first-order chi connectivity index (χ1) is 8.51. The van der Waals surface area contributed by atoms with E-state index in [2.05, 4.69) is 4.98 Å². The highest BCUT2D eigenvalue weighted by molar-refractivity contribution is 6.31. The Kier molecular flexibility index (Phi) is 4.28. The van der Waals surface area contributed by atoms with Crippen molar-refractivity contribution in [1.82, 2.24) is 10.3 Å². The molecule has 0 saturated carbocycles. The number of hydrogen-bond donors (Lipinski definition) is 1. The Morgan fingerprint density at radius 3 is 2.26 bits per heavy atom. The summed E-state index contributed by atoms with van der Waals surface area (Å²) >= 11 is 5.44. The van der Waals surface area contributed by atoms with E-state index in [1.807, 2.05) is 0 Å². The Morgan fingerprint density at radius 1 is 1.26 bits per heavy atom. The van der Waals surface area contributed by atoms with Crippen molar-refractivity contribution in [2.75, 3.05) is 0 Å². The van der Waals surface area contributed by atoms with Gasteiger partial charge in [0.1, 0.15) is 0 Å². The lowest BCUT2D eigenvalue weighted by molar-refractivity contribution is -0.173. The van der Waals surface area contributed by atoms with Crippen LogP contribution in [0.2, 0.25) is 5.02 Å². The van der Waals surface area contributed by atoms with Crippen molar-refractivity contribution in [3.8, 4) is 0 Å². The third kappa shape index (κ3) is 4.27. The molecule has 19 heavy (non-hydrogen) atoms. The van der Waals surface area contributed by atoms with Gasteiger partial charge >= 0.3 is 18.3 Å². The minimum absolute atomic E-state index is 0.299. The summed E-state index contributed by atoms with van der Waals surface area (Å²) in [5.74, 6) is -2.23. The monoisotopic (exact) mass is 306 g/mol. The van der Waals surface area contributed by atoms with Gasteiger partial charge in [-0.25, -0.2) is 0 Å². The first-order valence-electron chi connectivity index (χ1n) is 4.58. The fourth-order valence-electron chi connectivity index (χ4n) is 1.02. The van der Waals surface area contributed by atoms with Crippen LogP contribution in [0, 0.1) is 0 Å². The lowest BCUT2D eigenvalue weighted by Gasteiger charge is -2.10. The molecule has 0 fully saturated rings. The van der Waals surface area contributed by atoms with E-state index in [1.165, 1.54) is 5.32 Å². The highest BCUT2D eigenvalue weighted by atomic mass is 35.5. The quantitative estimate of drug-likeness (QED) is 0.854. The van der Waals surface area contributed by atoms with Gasteiger partial charge in [-0.3, -0.25) is 9.78 Å². The van der Waals surface area contributed by atoms with E-state index >= 15 is 0 Å². The lowest BCUT2D eigenvalue weighted by atomic mass is 10.2. The van der Waals surface area contributed by atoms with Crippen LogP contribution >= 0.6 is 11.6 Å². The summed E-state index contributed by atoms with van der Waals surface area (Å²) in [6.07, 6.45) is -9.33. The van der Waals surface area contributed by atoms with E-state index in [0.717, 1.165) is 0 Å². The molecule has 0 saturated heterocycles. The molecule has 106 valence electrons. The van der Waals surface area contributed by atoms with E-state index in [1.54, 1.807) is 0 Å². The Hall–Kier alpha value is -1.51. The fraction of sp³-hybridized carbons (Fsp3) is 0.333. The van der Waals surface area contributed by atoms with Gasteiger partial charge in [-0.05, 0) is 6.07 Å². The molecule has 0 bridgehead atoms. The molecular weight excluding hydrogens is 302 g/mol. The third-order valence-corrected chi connectivity index (χ3v) is 2.25. The second-order valence-corrected chi connectivity index (χ2v) is 3.74. The smallest absolute Gasteiger partial charge is 0.343 e. The number of nitrogens with one attached hydrogen (secondary N) is 1. The van der Waals surface area contributed by atoms with Crippen molar-refractivity contribution in [2.24, 2.45) is 0 Å². The van der Waals surface area contributed by atoms with Gasteiger partial charge in [-0.2, -0.15) is 26.3 Å². The van der Waals surface area contributed by atoms with Crippen LogP contribution < -0.4 is 5.32 Å². The molecule has 0 aliphatic heterocycles. The van der Waals surface area contributed by atoms with Crippen molar-refractivity contribution in [3.63, 3.8) is 0 Å². The summed E-state index contributed by atoms with van der Waals surface area (Å²) in [5.41, 5.74) is -1.43. The largest absolute Gasteiger partial charge is 0.471 e. The maximum Gasteiger partial charge on any atom is 0.471 e. The number of aromatic nitrogens is 1. The summed E-state index contributed by atoms with van der Waals surface area (Å²) in [6, 6.07) is 0.517. The van der Waals surface area contributed by atoms with Crippen molar-refractivity contribution < 1.29 is 31.1 Å². The van der Waals surface area contributed by atoms with Gasteiger partial charge in [0, 0.05) is 6.20 Å². The van der Waals surface area contributed by atoms with Crippen molar-refractivity contribution >= 4 is 17.5 Å². The highest BCUT2D eigenvalue weighted by Crippen LogP contribution is 2.31. The number of halogens is 7. The first-order valence-corrected chi connectivity index (χ1v) is 4.96. The van der Waals surface area contributed by atoms with E-state index < -0.39 is 35.4 Å². The molecule has 0 aliphatic rings. The van der Waals surface area contributed by atoms with Gasteiger partial charge in [0.25, 0.3) is 0 Å². The average molecular weight is 307 g/mol. The summed E-state index contributed by atoms with van der Waals surface area (Å²) in [7, 11) is 0. The summed E-state index contributed by atoms with van der Waals surface area (Å²) in [5, 5.41) is 0.957. The highest BCUT2D eigenvalue weighted by Gasteiger charge is 2.38. The van der Waals surface area contributed by atoms with Gasteiger partial charge in [-0.1, -0.05) is 11.6 Å². The van der Waals surface area contributed by atoms with E-state index in [-0.39, 0.29) is 5.69 Å². The van der Waals surface area contributed by atoms with Crippen LogP contribution in [-0.4, -0.2) is 17.1 Å². The molecule has 0 radical (unpaired) electrons. The molecule has 1 aromatic heterocycles. The van der Waals surface area contributed by atoms with Gasteiger partial charge in [0.15, 0.2) is 0 Å². The number of carbonyl (C=O) groups excluding carboxylic acids is 1. The fourth-order valence-corrected chi connectivity index (χ4v) is 1.25. The molecule has 1 N–H and O–H groups in total. The van der Waals surface area contributed by atoms with Crippen molar-refractivity contribution in [2.45, 2.75) is 18.9 Å². The number of rotatable bonds is 2. The average Bonchev–Trinajstić information content (AvgIpc) is 2.24. The van der Waals surface area contributed by atoms with Crippen LogP contribution in [0.1, 0.15) is 11.3 Å². The van der Waals surface area contributed by atoms with Gasteiger partial charge in [-0.15, -0.1) is 0 Å². The second kappa shape index (κ2) is 5.24. The standard InChI is InChI=1S/C9H5ClF6N2O/c10-5-1-4(8(11,12)13)2-17-6(5)3-18-7(19)9(14,15)16/h1-2H,3H2,(H,18,19). The molecule has 0 aliphatic carbocycles. The lowest BCUT2D eigenvalue weighted by Crippen LogP contribution is -2.36. The van der Waals surface area contributed by atoms with Gasteiger partial charge in [0.05, 0.1) is 22.8 Å². The minimum Gasteiger partial charge on any atom is -0.343 e. The van der Waals surface area contributed by atoms with Crippen LogP contribution in [-0.2, 0) is 17.5 Å². The third-order valence-electron chi connectivity index (χ3n) is 1.92. The Morgan fingerprint density at radius 2 is 1.84 bits per heavy atom. The number of carbonyl (C=O) groups is 1. The topological polar surface area (TPSA) is 42.0 Å². The molecule has 0 aromatic carbocycles. The zero-order valence-corrected chi connectivity index (χ0v) is 9.62. The van der Waals surface area contributed by atoms with Crippen LogP contribution in [0.5, 0.6) is 0 Å². The van der Waals surface area contributed by atoms with E-state index in [0.29, 0.717) is 12.3 Å². The van der Waals surface area contributed by atoms with Crippen molar-refractivity contribution in [3.05, 3.63) is 28.5 Å². The Balaban J connectivity index is 2.79. The molecule has 1 amide bonds. The molecular formula is C9H5ClF6N2O. The molecule has 1 heterocycles. The minimum atomic E-state index is -5.08. The zero-order chi connectivity index (χ0) is 14.8. The molecule has 10 heteroatoms. The van der Waals surface area contributed by atoms with Crippen molar-refractivity contribution in [1.29, 1.82) is 0 Å². The number of hydrogen-bond acceptors (Lipinski definition) is 2. The van der Waals surface area contributed by atoms with Gasteiger partial charge in [0.2, 0.25) is 0 Å². The van der Waals surface area contributed by atoms with Crippen LogP contribution in [0.3, 0.4) is 0 Å². The maximum atomic E-state index is 12.3. The molecule has 0 unspecified atom stereocenters. The maximum absolute atomic E-state index is 12.3. The van der Waals surface area contributed by atoms with E-state index in [4.69, 9.17) is 11.6 Å². The molecule has 1 rings (SSSR count). The zero-order valence-electron chi connectivity index (χ0n) is 8.86. The summed E-state index contributed by atoms with van der Waals surface area (Å²) in [6.45, 7) is -0.727. The molecule has 3 nitrogen and oxygen atoms in total. The molecule has 0 atom stereocenters. The van der Waals surface area contributed by atoms with Crippen LogP contribution in [0.25, 0.3) is 0 Å². The second-order valence-electron chi connectivity index (χ2n) is 3.33. The SMILES string of the molecule is O=C(NCc1ncc(C(F)(F)F)cc1Cl)C(F)(F)F. The number of pyridine rings is 1. The predicted octanol–water partition coefficient (Wildman–Crippen LogP) is 2.93. The first kappa shape index (κ1) is 15.5. The molecule has 0 spiro atoms. The predicted molar refractivity (Wildman–Crippen MR) is 52.2 cm³/mol. The number of nitrogens with zero attached hydrogens (tertiary/aromatic N) is 1. The summed E-state index contributed by atoms with van der Waals surface area (Å²) in [4.78, 5) is 13.8. The molecule has 1 aromatic rings. The van der Waals surface area contributed by atoms with Crippen LogP contribution in [0.15, 0.2) is 12.3 Å². The number of alkyl halides is 6. The Labute approximate surface area is 107 Å². The van der Waals surface area contributed by atoms with Crippen LogP contribution in [0.4, 0.5) is 26.3 Å². The normalized spacial score (nSPS) is 12.4. The Bertz CT molecular complexity index is 485. The van der Waals surface area contributed by atoms with Gasteiger partial charge < -0.3 is 5.32 Å². The van der Waals surface area contributed by atoms with E-state index in [9.17, 15) is 31.1 Å². The number of amides is 1.